The first-order valence-corrected chi connectivity index (χ1v) is 7.16. The summed E-state index contributed by atoms with van der Waals surface area (Å²) in [4.78, 5) is 12.9. The van der Waals surface area contributed by atoms with E-state index in [-0.39, 0.29) is 0 Å². The average Bonchev–Trinajstić information content (AvgIpc) is 3.04. The van der Waals surface area contributed by atoms with E-state index < -0.39 is 0 Å². The predicted molar refractivity (Wildman–Crippen MR) is 85.6 cm³/mol. The number of hydrogen-bond acceptors (Lipinski definition) is 6. The molecule has 7 heteroatoms. The number of nitrogens with zero attached hydrogens (tertiary/aromatic N) is 6. The monoisotopic (exact) mass is 303 g/mol. The van der Waals surface area contributed by atoms with Crippen LogP contribution in [0.4, 0.5) is 5.95 Å². The Hall–Kier alpha value is -3.35. The molecule has 4 aromatic rings. The van der Waals surface area contributed by atoms with Crippen molar-refractivity contribution in [3.8, 4) is 11.3 Å². The van der Waals surface area contributed by atoms with Crippen LogP contribution in [0.2, 0.25) is 0 Å². The van der Waals surface area contributed by atoms with E-state index >= 15 is 0 Å². The van der Waals surface area contributed by atoms with Gasteiger partial charge in [-0.3, -0.25) is 9.38 Å². The van der Waals surface area contributed by atoms with Gasteiger partial charge in [0.05, 0.1) is 12.2 Å². The minimum Gasteiger partial charge on any atom is -0.347 e. The van der Waals surface area contributed by atoms with Crippen molar-refractivity contribution in [1.29, 1.82) is 0 Å². The lowest BCUT2D eigenvalue weighted by Gasteiger charge is -2.05. The third kappa shape index (κ3) is 2.71. The maximum absolute atomic E-state index is 4.50. The van der Waals surface area contributed by atoms with E-state index in [9.17, 15) is 0 Å². The predicted octanol–water partition coefficient (Wildman–Crippen LogP) is 2.19. The second-order valence-corrected chi connectivity index (χ2v) is 4.91. The van der Waals surface area contributed by atoms with Gasteiger partial charge in [0.15, 0.2) is 11.5 Å². The van der Waals surface area contributed by atoms with E-state index in [1.807, 2.05) is 47.0 Å². The van der Waals surface area contributed by atoms with Crippen LogP contribution in [0, 0.1) is 0 Å². The normalized spacial score (nSPS) is 10.8. The van der Waals surface area contributed by atoms with Crippen LogP contribution in [0.3, 0.4) is 0 Å². The maximum Gasteiger partial charge on any atom is 0.223 e. The standard InChI is InChI=1S/C16H13N7/c1-2-9-23-14(5-1)21-22-15(23)11-19-16-18-8-6-13(20-16)12-4-3-7-17-10-12/h1-10H,11H2,(H,18,19,20). The van der Waals surface area contributed by atoms with Gasteiger partial charge in [-0.1, -0.05) is 6.07 Å². The fourth-order valence-corrected chi connectivity index (χ4v) is 2.29. The smallest absolute Gasteiger partial charge is 0.223 e. The zero-order valence-electron chi connectivity index (χ0n) is 12.2. The largest absolute Gasteiger partial charge is 0.347 e. The number of fused-ring (bicyclic) bond motifs is 1. The van der Waals surface area contributed by atoms with Gasteiger partial charge in [-0.15, -0.1) is 10.2 Å². The third-order valence-corrected chi connectivity index (χ3v) is 3.40. The Morgan fingerprint density at radius 2 is 2.00 bits per heavy atom. The molecule has 0 radical (unpaired) electrons. The van der Waals surface area contributed by atoms with E-state index in [4.69, 9.17) is 0 Å². The lowest BCUT2D eigenvalue weighted by atomic mass is 10.2. The Morgan fingerprint density at radius 3 is 2.91 bits per heavy atom. The molecule has 0 aliphatic rings. The molecule has 4 rings (SSSR count). The summed E-state index contributed by atoms with van der Waals surface area (Å²) in [7, 11) is 0. The SMILES string of the molecule is c1cncc(-c2ccnc(NCc3nnc4ccccn34)n2)c1. The molecule has 0 aliphatic heterocycles. The number of rotatable bonds is 4. The van der Waals surface area contributed by atoms with Crippen LogP contribution in [0.1, 0.15) is 5.82 Å². The van der Waals surface area contributed by atoms with Crippen LogP contribution in [-0.2, 0) is 6.54 Å². The van der Waals surface area contributed by atoms with Gasteiger partial charge in [0, 0.05) is 30.4 Å². The molecule has 0 aromatic carbocycles. The molecule has 112 valence electrons. The van der Waals surface area contributed by atoms with Gasteiger partial charge in [0.1, 0.15) is 0 Å². The molecule has 0 spiro atoms. The van der Waals surface area contributed by atoms with E-state index in [2.05, 4.69) is 30.5 Å². The Kier molecular flexibility index (Phi) is 3.36. The summed E-state index contributed by atoms with van der Waals surface area (Å²) in [5, 5.41) is 11.5. The van der Waals surface area contributed by atoms with Crippen LogP contribution in [0.5, 0.6) is 0 Å². The van der Waals surface area contributed by atoms with E-state index in [1.54, 1.807) is 18.6 Å². The molecule has 23 heavy (non-hydrogen) atoms. The highest BCUT2D eigenvalue weighted by Gasteiger charge is 2.06. The molecule has 0 bridgehead atoms. The first-order valence-electron chi connectivity index (χ1n) is 7.16. The van der Waals surface area contributed by atoms with Crippen LogP contribution in [-0.4, -0.2) is 29.5 Å². The van der Waals surface area contributed by atoms with Crippen molar-refractivity contribution >= 4 is 11.6 Å². The first-order chi connectivity index (χ1) is 11.4. The van der Waals surface area contributed by atoms with Gasteiger partial charge in [0.25, 0.3) is 0 Å². The van der Waals surface area contributed by atoms with Gasteiger partial charge in [-0.25, -0.2) is 9.97 Å². The highest BCUT2D eigenvalue weighted by molar-refractivity contribution is 5.58. The average molecular weight is 303 g/mol. The van der Waals surface area contributed by atoms with Gasteiger partial charge in [0.2, 0.25) is 5.95 Å². The fourth-order valence-electron chi connectivity index (χ4n) is 2.29. The van der Waals surface area contributed by atoms with Gasteiger partial charge in [-0.2, -0.15) is 0 Å². The Labute approximate surface area is 132 Å². The summed E-state index contributed by atoms with van der Waals surface area (Å²) in [5.74, 6) is 1.34. The van der Waals surface area contributed by atoms with Crippen molar-refractivity contribution in [2.75, 3.05) is 5.32 Å². The molecule has 0 saturated heterocycles. The summed E-state index contributed by atoms with van der Waals surface area (Å²) in [6.07, 6.45) is 7.16. The lowest BCUT2D eigenvalue weighted by Crippen LogP contribution is -2.07. The highest BCUT2D eigenvalue weighted by atomic mass is 15.3. The third-order valence-electron chi connectivity index (χ3n) is 3.40. The molecule has 4 heterocycles. The minimum absolute atomic E-state index is 0.488. The summed E-state index contributed by atoms with van der Waals surface area (Å²) in [5.41, 5.74) is 2.59. The number of anilines is 1. The summed E-state index contributed by atoms with van der Waals surface area (Å²) in [6.45, 7) is 0.488. The van der Waals surface area contributed by atoms with E-state index in [0.717, 1.165) is 22.7 Å². The van der Waals surface area contributed by atoms with Crippen LogP contribution in [0.25, 0.3) is 16.9 Å². The van der Waals surface area contributed by atoms with Gasteiger partial charge < -0.3 is 5.32 Å². The summed E-state index contributed by atoms with van der Waals surface area (Å²) in [6, 6.07) is 11.5. The summed E-state index contributed by atoms with van der Waals surface area (Å²) >= 11 is 0. The van der Waals surface area contributed by atoms with Gasteiger partial charge >= 0.3 is 0 Å². The zero-order chi connectivity index (χ0) is 15.5. The van der Waals surface area contributed by atoms with Crippen molar-refractivity contribution in [3.05, 3.63) is 67.0 Å². The summed E-state index contributed by atoms with van der Waals surface area (Å²) < 4.78 is 1.93. The minimum atomic E-state index is 0.488. The second-order valence-electron chi connectivity index (χ2n) is 4.91. The number of aromatic nitrogens is 6. The fraction of sp³-hybridized carbons (Fsp3) is 0.0625. The van der Waals surface area contributed by atoms with Crippen LogP contribution in [0.15, 0.2) is 61.2 Å². The molecular formula is C16H13N7. The van der Waals surface area contributed by atoms with E-state index in [1.165, 1.54) is 0 Å². The number of nitrogens with one attached hydrogen (secondary N) is 1. The Balaban J connectivity index is 1.55. The molecule has 0 amide bonds. The lowest BCUT2D eigenvalue weighted by molar-refractivity contribution is 0.903. The molecule has 0 unspecified atom stereocenters. The molecule has 1 N–H and O–H groups in total. The molecular weight excluding hydrogens is 290 g/mol. The molecule has 0 aliphatic carbocycles. The molecule has 0 atom stereocenters. The quantitative estimate of drug-likeness (QED) is 0.622. The van der Waals surface area contributed by atoms with Crippen molar-refractivity contribution in [3.63, 3.8) is 0 Å². The molecule has 7 nitrogen and oxygen atoms in total. The first kappa shape index (κ1) is 13.3. The van der Waals surface area contributed by atoms with Crippen molar-refractivity contribution in [2.24, 2.45) is 0 Å². The van der Waals surface area contributed by atoms with Crippen molar-refractivity contribution in [2.45, 2.75) is 6.54 Å². The molecule has 0 fully saturated rings. The molecule has 0 saturated carbocycles. The Morgan fingerprint density at radius 1 is 1.00 bits per heavy atom. The van der Waals surface area contributed by atoms with Crippen molar-refractivity contribution in [1.82, 2.24) is 29.5 Å². The van der Waals surface area contributed by atoms with E-state index in [0.29, 0.717) is 12.5 Å². The zero-order valence-corrected chi connectivity index (χ0v) is 12.2. The molecule has 4 aromatic heterocycles. The van der Waals surface area contributed by atoms with Crippen LogP contribution >= 0.6 is 0 Å². The topological polar surface area (TPSA) is 80.9 Å². The maximum atomic E-state index is 4.50. The Bertz CT molecular complexity index is 933. The van der Waals surface area contributed by atoms with Crippen molar-refractivity contribution < 1.29 is 0 Å². The number of pyridine rings is 2. The van der Waals surface area contributed by atoms with Crippen LogP contribution < -0.4 is 5.32 Å². The number of hydrogen-bond donors (Lipinski definition) is 1. The van der Waals surface area contributed by atoms with Gasteiger partial charge in [-0.05, 0) is 30.3 Å². The highest BCUT2D eigenvalue weighted by Crippen LogP contribution is 2.16. The second kappa shape index (κ2) is 5.80.